The first-order valence-electron chi connectivity index (χ1n) is 10.2. The third kappa shape index (κ3) is 3.96. The lowest BCUT2D eigenvalue weighted by molar-refractivity contribution is -0.135. The highest BCUT2D eigenvalue weighted by molar-refractivity contribution is 6.09. The van der Waals surface area contributed by atoms with Crippen LogP contribution in [0.25, 0.3) is 5.69 Å². The summed E-state index contributed by atoms with van der Waals surface area (Å²) in [4.78, 5) is 43.0. The summed E-state index contributed by atoms with van der Waals surface area (Å²) in [5.41, 5.74) is 2.25. The Balaban J connectivity index is 1.40. The van der Waals surface area contributed by atoms with E-state index in [-0.39, 0.29) is 12.6 Å². The zero-order valence-corrected chi connectivity index (χ0v) is 18.1. The van der Waals surface area contributed by atoms with Crippen LogP contribution in [0.3, 0.4) is 0 Å². The van der Waals surface area contributed by atoms with Gasteiger partial charge in [0.05, 0.1) is 11.7 Å². The molecule has 2 atom stereocenters. The maximum atomic E-state index is 13.0. The molecule has 0 bridgehead atoms. The molecule has 0 aliphatic carbocycles. The molecule has 9 nitrogen and oxygen atoms in total. The largest absolute Gasteiger partial charge is 0.348 e. The maximum absolute atomic E-state index is 13.0. The van der Waals surface area contributed by atoms with Crippen LogP contribution in [0.1, 0.15) is 36.6 Å². The Labute approximate surface area is 185 Å². The first-order valence-corrected chi connectivity index (χ1v) is 10.2. The molecule has 0 radical (unpaired) electrons. The van der Waals surface area contributed by atoms with Gasteiger partial charge in [-0.15, -0.1) is 0 Å². The molecule has 4 amide bonds. The minimum Gasteiger partial charge on any atom is -0.348 e. The molecule has 32 heavy (non-hydrogen) atoms. The number of hydrogen-bond donors (Lipinski definition) is 2. The summed E-state index contributed by atoms with van der Waals surface area (Å²) in [6.45, 7) is 5.08. The number of nitrogens with zero attached hydrogens (tertiary/aromatic N) is 4. The van der Waals surface area contributed by atoms with E-state index in [4.69, 9.17) is 0 Å². The molecule has 0 spiro atoms. The van der Waals surface area contributed by atoms with Crippen LogP contribution in [-0.4, -0.2) is 44.1 Å². The highest BCUT2D eigenvalue weighted by Gasteiger charge is 2.49. The fraction of sp³-hybridized carbons (Fsp3) is 0.261. The van der Waals surface area contributed by atoms with Gasteiger partial charge in [-0.2, -0.15) is 5.10 Å². The van der Waals surface area contributed by atoms with E-state index in [1.165, 1.54) is 6.33 Å². The van der Waals surface area contributed by atoms with Crippen LogP contribution in [0.4, 0.5) is 4.79 Å². The first kappa shape index (κ1) is 21.2. The summed E-state index contributed by atoms with van der Waals surface area (Å²) < 4.78 is 1.63. The van der Waals surface area contributed by atoms with E-state index in [9.17, 15) is 14.4 Å². The van der Waals surface area contributed by atoms with E-state index in [1.54, 1.807) is 17.9 Å². The number of carbonyl (C=O) groups is 3. The lowest BCUT2D eigenvalue weighted by Gasteiger charge is -2.22. The van der Waals surface area contributed by atoms with Crippen molar-refractivity contribution in [3.63, 3.8) is 0 Å². The number of aryl methyl sites for hydroxylation is 1. The lowest BCUT2D eigenvalue weighted by atomic mass is 9.91. The van der Waals surface area contributed by atoms with Crippen molar-refractivity contribution in [2.45, 2.75) is 32.4 Å². The van der Waals surface area contributed by atoms with E-state index in [0.717, 1.165) is 21.7 Å². The van der Waals surface area contributed by atoms with Crippen LogP contribution in [0.5, 0.6) is 0 Å². The van der Waals surface area contributed by atoms with Crippen molar-refractivity contribution in [3.05, 3.63) is 77.9 Å². The Hall–Kier alpha value is -4.01. The van der Waals surface area contributed by atoms with Crippen molar-refractivity contribution in [2.75, 3.05) is 6.54 Å². The van der Waals surface area contributed by atoms with E-state index < -0.39 is 23.4 Å². The molecule has 1 aromatic heterocycles. The molecular formula is C23H24N6O3. The molecule has 1 saturated heterocycles. The van der Waals surface area contributed by atoms with E-state index >= 15 is 0 Å². The number of benzene rings is 2. The fourth-order valence-electron chi connectivity index (χ4n) is 3.69. The predicted molar refractivity (Wildman–Crippen MR) is 117 cm³/mol. The normalized spacial score (nSPS) is 19.0. The third-order valence-electron chi connectivity index (χ3n) is 5.66. The van der Waals surface area contributed by atoms with Crippen molar-refractivity contribution < 1.29 is 14.4 Å². The molecule has 3 aromatic rings. The van der Waals surface area contributed by atoms with Gasteiger partial charge in [-0.25, -0.2) is 14.5 Å². The minimum absolute atomic E-state index is 0.309. The second-order valence-electron chi connectivity index (χ2n) is 8.03. The minimum atomic E-state index is -1.20. The van der Waals surface area contributed by atoms with E-state index in [0.29, 0.717) is 5.56 Å². The van der Waals surface area contributed by atoms with Gasteiger partial charge in [0.1, 0.15) is 24.7 Å². The Morgan fingerprint density at radius 3 is 2.44 bits per heavy atom. The Bertz CT molecular complexity index is 1140. The topological polar surface area (TPSA) is 109 Å². The Kier molecular flexibility index (Phi) is 5.48. The van der Waals surface area contributed by atoms with Crippen LogP contribution in [0, 0.1) is 6.92 Å². The molecule has 2 heterocycles. The number of amides is 4. The van der Waals surface area contributed by atoms with Gasteiger partial charge in [0, 0.05) is 0 Å². The molecule has 4 rings (SSSR count). The third-order valence-corrected chi connectivity index (χ3v) is 5.66. The number of hydrogen-bond acceptors (Lipinski definition) is 5. The number of urea groups is 1. The molecule has 1 aliphatic heterocycles. The Morgan fingerprint density at radius 2 is 1.81 bits per heavy atom. The molecule has 1 aliphatic rings. The zero-order valence-electron chi connectivity index (χ0n) is 18.1. The Morgan fingerprint density at radius 1 is 1.12 bits per heavy atom. The van der Waals surface area contributed by atoms with E-state index in [2.05, 4.69) is 20.7 Å². The van der Waals surface area contributed by atoms with Gasteiger partial charge in [-0.1, -0.05) is 42.0 Å². The number of aromatic nitrogens is 3. The van der Waals surface area contributed by atoms with Crippen molar-refractivity contribution in [3.8, 4) is 5.69 Å². The zero-order chi connectivity index (χ0) is 22.9. The second kappa shape index (κ2) is 8.26. The molecule has 2 N–H and O–H groups in total. The van der Waals surface area contributed by atoms with E-state index in [1.807, 2.05) is 62.4 Å². The molecular weight excluding hydrogens is 408 g/mol. The van der Waals surface area contributed by atoms with Crippen molar-refractivity contribution >= 4 is 17.8 Å². The fourth-order valence-corrected chi connectivity index (χ4v) is 3.69. The molecule has 2 aromatic carbocycles. The summed E-state index contributed by atoms with van der Waals surface area (Å²) in [6, 6.07) is 14.0. The number of imide groups is 1. The van der Waals surface area contributed by atoms with Gasteiger partial charge < -0.3 is 10.6 Å². The lowest BCUT2D eigenvalue weighted by Crippen LogP contribution is -2.43. The molecule has 9 heteroatoms. The van der Waals surface area contributed by atoms with Crippen LogP contribution in [-0.2, 0) is 15.1 Å². The SMILES string of the molecule is Cc1ccc([C@@]2(C)NC(=O)N(CC(=O)N[C@@H](C)c3ccc(-n4cncn4)cc3)C2=O)cc1. The summed E-state index contributed by atoms with van der Waals surface area (Å²) in [6.07, 6.45) is 3.05. The molecule has 0 unspecified atom stereocenters. The van der Waals surface area contributed by atoms with Crippen LogP contribution in [0.15, 0.2) is 61.2 Å². The van der Waals surface area contributed by atoms with Crippen LogP contribution >= 0.6 is 0 Å². The summed E-state index contributed by atoms with van der Waals surface area (Å²) >= 11 is 0. The molecule has 164 valence electrons. The van der Waals surface area contributed by atoms with Crippen LogP contribution in [0.2, 0.25) is 0 Å². The second-order valence-corrected chi connectivity index (χ2v) is 8.03. The summed E-state index contributed by atoms with van der Waals surface area (Å²) in [5, 5.41) is 9.64. The van der Waals surface area contributed by atoms with Gasteiger partial charge in [-0.05, 0) is 44.0 Å². The molecule has 1 fully saturated rings. The van der Waals surface area contributed by atoms with Crippen molar-refractivity contribution in [1.29, 1.82) is 0 Å². The van der Waals surface area contributed by atoms with Gasteiger partial charge in [0.15, 0.2) is 0 Å². The average Bonchev–Trinajstić information content (AvgIpc) is 3.38. The number of rotatable bonds is 6. The standard InChI is InChI=1S/C23H24N6O3/c1-15-4-8-18(9-5-15)23(3)21(31)28(22(32)27-23)12-20(30)26-16(2)17-6-10-19(11-7-17)29-14-24-13-25-29/h4-11,13-14,16H,12H2,1-3H3,(H,26,30)(H,27,32)/t16-,23+/m0/s1. The van der Waals surface area contributed by atoms with Gasteiger partial charge in [0.2, 0.25) is 5.91 Å². The smallest absolute Gasteiger partial charge is 0.325 e. The quantitative estimate of drug-likeness (QED) is 0.581. The number of nitrogens with one attached hydrogen (secondary N) is 2. The summed E-state index contributed by atoms with van der Waals surface area (Å²) in [5.74, 6) is -0.874. The average molecular weight is 432 g/mol. The van der Waals surface area contributed by atoms with Gasteiger partial charge >= 0.3 is 6.03 Å². The first-order chi connectivity index (χ1) is 15.3. The van der Waals surface area contributed by atoms with Gasteiger partial charge in [0.25, 0.3) is 5.91 Å². The van der Waals surface area contributed by atoms with Crippen molar-refractivity contribution in [2.24, 2.45) is 0 Å². The van der Waals surface area contributed by atoms with Gasteiger partial charge in [-0.3, -0.25) is 14.5 Å². The predicted octanol–water partition coefficient (Wildman–Crippen LogP) is 2.22. The van der Waals surface area contributed by atoms with Crippen molar-refractivity contribution in [1.82, 2.24) is 30.3 Å². The highest BCUT2D eigenvalue weighted by atomic mass is 16.2. The summed E-state index contributed by atoms with van der Waals surface area (Å²) in [7, 11) is 0. The highest BCUT2D eigenvalue weighted by Crippen LogP contribution is 2.29. The maximum Gasteiger partial charge on any atom is 0.325 e. The molecule has 0 saturated carbocycles. The number of carbonyl (C=O) groups excluding carboxylic acids is 3. The van der Waals surface area contributed by atoms with Crippen LogP contribution < -0.4 is 10.6 Å². The monoisotopic (exact) mass is 432 g/mol.